The molecule has 1 amide bonds. The number of piperazine rings is 1. The standard InChI is InChI=1S/C22H27ClN2O3/c1-27-20-7-2-18(3-8-20)4-11-22(26)25-14-12-24(13-15-25)16-17-28-21-9-5-19(23)6-10-21/h2-3,5-10H,4,11-17H2,1H3. The molecule has 0 aliphatic carbocycles. The van der Waals surface area contributed by atoms with Crippen LogP contribution in [-0.4, -0.2) is 62.1 Å². The predicted octanol–water partition coefficient (Wildman–Crippen LogP) is 3.50. The number of nitrogens with zero attached hydrogens (tertiary/aromatic N) is 2. The van der Waals surface area contributed by atoms with Crippen LogP contribution in [0, 0.1) is 0 Å². The van der Waals surface area contributed by atoms with Gasteiger partial charge in [-0.15, -0.1) is 0 Å². The van der Waals surface area contributed by atoms with Crippen LogP contribution in [0.15, 0.2) is 48.5 Å². The van der Waals surface area contributed by atoms with Crippen molar-refractivity contribution in [3.8, 4) is 11.5 Å². The lowest BCUT2D eigenvalue weighted by Gasteiger charge is -2.34. The van der Waals surface area contributed by atoms with Gasteiger partial charge in [0.1, 0.15) is 18.1 Å². The summed E-state index contributed by atoms with van der Waals surface area (Å²) in [6.07, 6.45) is 1.31. The number of rotatable bonds is 8. The minimum atomic E-state index is 0.230. The van der Waals surface area contributed by atoms with Crippen molar-refractivity contribution in [3.05, 3.63) is 59.1 Å². The Morgan fingerprint density at radius 2 is 1.61 bits per heavy atom. The summed E-state index contributed by atoms with van der Waals surface area (Å²) in [7, 11) is 1.65. The first kappa shape index (κ1) is 20.5. The lowest BCUT2D eigenvalue weighted by molar-refractivity contribution is -0.132. The van der Waals surface area contributed by atoms with Crippen molar-refractivity contribution in [2.24, 2.45) is 0 Å². The van der Waals surface area contributed by atoms with Crippen molar-refractivity contribution in [1.82, 2.24) is 9.80 Å². The van der Waals surface area contributed by atoms with E-state index in [2.05, 4.69) is 4.90 Å². The third kappa shape index (κ3) is 6.14. The highest BCUT2D eigenvalue weighted by molar-refractivity contribution is 6.30. The van der Waals surface area contributed by atoms with Gasteiger partial charge in [-0.05, 0) is 48.4 Å². The predicted molar refractivity (Wildman–Crippen MR) is 111 cm³/mol. The first-order chi connectivity index (χ1) is 13.6. The summed E-state index contributed by atoms with van der Waals surface area (Å²) in [5.74, 6) is 1.90. The normalized spacial score (nSPS) is 14.7. The number of methoxy groups -OCH3 is 1. The molecule has 1 aliphatic rings. The molecule has 1 heterocycles. The molecule has 28 heavy (non-hydrogen) atoms. The van der Waals surface area contributed by atoms with Gasteiger partial charge in [0.15, 0.2) is 0 Å². The molecule has 0 bridgehead atoms. The Balaban J connectivity index is 1.33. The van der Waals surface area contributed by atoms with E-state index in [1.807, 2.05) is 53.4 Å². The SMILES string of the molecule is COc1ccc(CCC(=O)N2CCN(CCOc3ccc(Cl)cc3)CC2)cc1. The number of benzene rings is 2. The van der Waals surface area contributed by atoms with E-state index in [1.54, 1.807) is 7.11 Å². The maximum absolute atomic E-state index is 12.5. The summed E-state index contributed by atoms with van der Waals surface area (Å²) in [6, 6.07) is 15.3. The van der Waals surface area contributed by atoms with Gasteiger partial charge in [0.2, 0.25) is 5.91 Å². The monoisotopic (exact) mass is 402 g/mol. The molecule has 1 saturated heterocycles. The third-order valence-corrected chi connectivity index (χ3v) is 5.25. The Hall–Kier alpha value is -2.24. The largest absolute Gasteiger partial charge is 0.497 e. The molecule has 2 aromatic rings. The Morgan fingerprint density at radius 3 is 2.25 bits per heavy atom. The molecule has 0 spiro atoms. The van der Waals surface area contributed by atoms with Gasteiger partial charge in [0.05, 0.1) is 7.11 Å². The molecule has 6 heteroatoms. The van der Waals surface area contributed by atoms with E-state index < -0.39 is 0 Å². The molecule has 0 aromatic heterocycles. The summed E-state index contributed by atoms with van der Waals surface area (Å²) in [6.45, 7) is 4.82. The topological polar surface area (TPSA) is 42.0 Å². The third-order valence-electron chi connectivity index (χ3n) is 5.00. The Bertz CT molecular complexity index is 741. The molecule has 1 fully saturated rings. The maximum Gasteiger partial charge on any atom is 0.222 e. The van der Waals surface area contributed by atoms with Gasteiger partial charge < -0.3 is 14.4 Å². The lowest BCUT2D eigenvalue weighted by Crippen LogP contribution is -2.49. The van der Waals surface area contributed by atoms with Gasteiger partial charge in [-0.1, -0.05) is 23.7 Å². The molecule has 3 rings (SSSR count). The number of hydrogen-bond acceptors (Lipinski definition) is 4. The molecule has 0 radical (unpaired) electrons. The van der Waals surface area contributed by atoms with Crippen LogP contribution >= 0.6 is 11.6 Å². The molecule has 2 aromatic carbocycles. The molecule has 5 nitrogen and oxygen atoms in total. The molecule has 0 N–H and O–H groups in total. The molecule has 0 saturated carbocycles. The second-order valence-corrected chi connectivity index (χ2v) is 7.31. The number of amides is 1. The highest BCUT2D eigenvalue weighted by Gasteiger charge is 2.20. The second kappa shape index (κ2) is 10.3. The Labute approximate surface area is 171 Å². The van der Waals surface area contributed by atoms with E-state index >= 15 is 0 Å². The van der Waals surface area contributed by atoms with Gasteiger partial charge in [-0.3, -0.25) is 9.69 Å². The van der Waals surface area contributed by atoms with Gasteiger partial charge >= 0.3 is 0 Å². The number of aryl methyl sites for hydroxylation is 1. The summed E-state index contributed by atoms with van der Waals surface area (Å²) >= 11 is 5.88. The summed E-state index contributed by atoms with van der Waals surface area (Å²) in [4.78, 5) is 16.8. The number of halogens is 1. The van der Waals surface area contributed by atoms with Crippen molar-refractivity contribution in [1.29, 1.82) is 0 Å². The Morgan fingerprint density at radius 1 is 0.964 bits per heavy atom. The fraction of sp³-hybridized carbons (Fsp3) is 0.409. The van der Waals surface area contributed by atoms with E-state index in [0.717, 1.165) is 56.2 Å². The fourth-order valence-corrected chi connectivity index (χ4v) is 3.37. The van der Waals surface area contributed by atoms with Crippen LogP contribution in [0.3, 0.4) is 0 Å². The zero-order valence-electron chi connectivity index (χ0n) is 16.3. The number of carbonyl (C=O) groups excluding carboxylic acids is 1. The molecular formula is C22H27ClN2O3. The highest BCUT2D eigenvalue weighted by Crippen LogP contribution is 2.16. The molecule has 1 aliphatic heterocycles. The molecular weight excluding hydrogens is 376 g/mol. The van der Waals surface area contributed by atoms with Crippen LogP contribution < -0.4 is 9.47 Å². The van der Waals surface area contributed by atoms with Crippen molar-refractivity contribution in [2.75, 3.05) is 46.4 Å². The van der Waals surface area contributed by atoms with E-state index in [9.17, 15) is 4.79 Å². The van der Waals surface area contributed by atoms with E-state index in [0.29, 0.717) is 18.1 Å². The van der Waals surface area contributed by atoms with E-state index in [1.165, 1.54) is 0 Å². The average molecular weight is 403 g/mol. The summed E-state index contributed by atoms with van der Waals surface area (Å²) in [5.41, 5.74) is 1.16. The zero-order chi connectivity index (χ0) is 19.8. The molecule has 0 unspecified atom stereocenters. The van der Waals surface area contributed by atoms with Crippen molar-refractivity contribution in [2.45, 2.75) is 12.8 Å². The molecule has 150 valence electrons. The van der Waals surface area contributed by atoms with Gasteiger partial charge in [-0.25, -0.2) is 0 Å². The minimum Gasteiger partial charge on any atom is -0.497 e. The van der Waals surface area contributed by atoms with Crippen LogP contribution in [0.5, 0.6) is 11.5 Å². The van der Waals surface area contributed by atoms with Crippen LogP contribution in [0.4, 0.5) is 0 Å². The zero-order valence-corrected chi connectivity index (χ0v) is 17.0. The average Bonchev–Trinajstić information content (AvgIpc) is 2.74. The van der Waals surface area contributed by atoms with Gasteiger partial charge in [-0.2, -0.15) is 0 Å². The van der Waals surface area contributed by atoms with Crippen LogP contribution in [0.1, 0.15) is 12.0 Å². The number of hydrogen-bond donors (Lipinski definition) is 0. The van der Waals surface area contributed by atoms with Gasteiger partial charge in [0.25, 0.3) is 0 Å². The Kier molecular flexibility index (Phi) is 7.57. The van der Waals surface area contributed by atoms with Crippen LogP contribution in [-0.2, 0) is 11.2 Å². The van der Waals surface area contributed by atoms with Crippen molar-refractivity contribution < 1.29 is 14.3 Å². The van der Waals surface area contributed by atoms with E-state index in [4.69, 9.17) is 21.1 Å². The summed E-state index contributed by atoms with van der Waals surface area (Å²) < 4.78 is 10.9. The van der Waals surface area contributed by atoms with Crippen molar-refractivity contribution in [3.63, 3.8) is 0 Å². The first-order valence-corrected chi connectivity index (χ1v) is 10.0. The second-order valence-electron chi connectivity index (χ2n) is 6.87. The highest BCUT2D eigenvalue weighted by atomic mass is 35.5. The minimum absolute atomic E-state index is 0.230. The number of ether oxygens (including phenoxy) is 2. The lowest BCUT2D eigenvalue weighted by atomic mass is 10.1. The number of carbonyl (C=O) groups is 1. The van der Waals surface area contributed by atoms with Crippen LogP contribution in [0.25, 0.3) is 0 Å². The summed E-state index contributed by atoms with van der Waals surface area (Å²) in [5, 5.41) is 0.708. The van der Waals surface area contributed by atoms with Crippen molar-refractivity contribution >= 4 is 17.5 Å². The van der Waals surface area contributed by atoms with E-state index in [-0.39, 0.29) is 5.91 Å². The maximum atomic E-state index is 12.5. The first-order valence-electron chi connectivity index (χ1n) is 9.65. The van der Waals surface area contributed by atoms with Gasteiger partial charge in [0, 0.05) is 44.2 Å². The fourth-order valence-electron chi connectivity index (χ4n) is 3.25. The van der Waals surface area contributed by atoms with Crippen LogP contribution in [0.2, 0.25) is 5.02 Å². The molecule has 0 atom stereocenters. The quantitative estimate of drug-likeness (QED) is 0.677. The smallest absolute Gasteiger partial charge is 0.222 e.